The van der Waals surface area contributed by atoms with Crippen molar-refractivity contribution in [2.45, 2.75) is 39.7 Å². The van der Waals surface area contributed by atoms with Crippen LogP contribution in [-0.2, 0) is 0 Å². The lowest BCUT2D eigenvalue weighted by molar-refractivity contribution is -0.385. The highest BCUT2D eigenvalue weighted by molar-refractivity contribution is 5.52. The molecule has 0 aliphatic heterocycles. The fourth-order valence-corrected chi connectivity index (χ4v) is 3.06. The van der Waals surface area contributed by atoms with Gasteiger partial charge in [0.2, 0.25) is 0 Å². The van der Waals surface area contributed by atoms with Gasteiger partial charge in [-0.25, -0.2) is 4.39 Å². The molecule has 4 nitrogen and oxygen atoms in total. The summed E-state index contributed by atoms with van der Waals surface area (Å²) < 4.78 is 13.4. The lowest BCUT2D eigenvalue weighted by atomic mass is 9.91. The monoisotopic (exact) mass is 266 g/mol. The van der Waals surface area contributed by atoms with Gasteiger partial charge in [-0.3, -0.25) is 10.1 Å². The van der Waals surface area contributed by atoms with Crippen molar-refractivity contribution in [3.63, 3.8) is 0 Å². The van der Waals surface area contributed by atoms with E-state index < -0.39 is 10.7 Å². The van der Waals surface area contributed by atoms with Crippen LogP contribution < -0.4 is 5.32 Å². The number of hydrogen-bond acceptors (Lipinski definition) is 3. The van der Waals surface area contributed by atoms with Crippen molar-refractivity contribution in [1.82, 2.24) is 0 Å². The molecule has 2 atom stereocenters. The highest BCUT2D eigenvalue weighted by atomic mass is 19.1. The van der Waals surface area contributed by atoms with Crippen molar-refractivity contribution in [3.8, 4) is 0 Å². The van der Waals surface area contributed by atoms with Crippen molar-refractivity contribution < 1.29 is 9.31 Å². The standard InChI is InChI=1S/C14H19FN2O2/c1-9-7-14(2,3)8-13(9)16-11-4-10(15)5-12(6-11)17(18)19/h4-6,9,13,16H,7-8H2,1-3H3. The summed E-state index contributed by atoms with van der Waals surface area (Å²) in [7, 11) is 0. The van der Waals surface area contributed by atoms with Crippen LogP contribution in [0.15, 0.2) is 18.2 Å². The van der Waals surface area contributed by atoms with Crippen LogP contribution in [-0.4, -0.2) is 11.0 Å². The summed E-state index contributed by atoms with van der Waals surface area (Å²) in [4.78, 5) is 10.1. The van der Waals surface area contributed by atoms with Crippen molar-refractivity contribution in [2.75, 3.05) is 5.32 Å². The topological polar surface area (TPSA) is 55.2 Å². The molecule has 1 fully saturated rings. The Labute approximate surface area is 112 Å². The average molecular weight is 266 g/mol. The van der Waals surface area contributed by atoms with E-state index in [0.29, 0.717) is 11.6 Å². The van der Waals surface area contributed by atoms with Crippen molar-refractivity contribution in [2.24, 2.45) is 11.3 Å². The smallest absolute Gasteiger partial charge is 0.274 e. The van der Waals surface area contributed by atoms with E-state index in [0.717, 1.165) is 18.9 Å². The number of nitro groups is 1. The van der Waals surface area contributed by atoms with E-state index in [1.807, 2.05) is 0 Å². The fourth-order valence-electron chi connectivity index (χ4n) is 3.06. The Hall–Kier alpha value is -1.65. The molecule has 0 bridgehead atoms. The summed E-state index contributed by atoms with van der Waals surface area (Å²) >= 11 is 0. The van der Waals surface area contributed by atoms with Crippen LogP contribution in [0.2, 0.25) is 0 Å². The van der Waals surface area contributed by atoms with Gasteiger partial charge in [-0.05, 0) is 30.2 Å². The van der Waals surface area contributed by atoms with E-state index in [-0.39, 0.29) is 17.1 Å². The molecule has 5 heteroatoms. The summed E-state index contributed by atoms with van der Waals surface area (Å²) in [6.45, 7) is 6.57. The summed E-state index contributed by atoms with van der Waals surface area (Å²) in [6, 6.07) is 3.87. The van der Waals surface area contributed by atoms with Gasteiger partial charge in [-0.2, -0.15) is 0 Å². The highest BCUT2D eigenvalue weighted by Gasteiger charge is 2.36. The third kappa shape index (κ3) is 3.22. The Morgan fingerprint density at radius 2 is 2.05 bits per heavy atom. The fraction of sp³-hybridized carbons (Fsp3) is 0.571. The number of nitro benzene ring substituents is 1. The van der Waals surface area contributed by atoms with Gasteiger partial charge in [0.15, 0.2) is 0 Å². The second kappa shape index (κ2) is 4.79. The molecule has 1 aliphatic rings. The number of halogens is 1. The van der Waals surface area contributed by atoms with Gasteiger partial charge >= 0.3 is 0 Å². The first-order valence-corrected chi connectivity index (χ1v) is 6.48. The van der Waals surface area contributed by atoms with Crippen LogP contribution in [0, 0.1) is 27.3 Å². The summed E-state index contributed by atoms with van der Waals surface area (Å²) in [6.07, 6.45) is 2.08. The Morgan fingerprint density at radius 1 is 1.37 bits per heavy atom. The second-order valence-electron chi connectivity index (χ2n) is 6.26. The predicted octanol–water partition coefficient (Wildman–Crippen LogP) is 3.97. The second-order valence-corrected chi connectivity index (χ2v) is 6.26. The molecule has 1 aromatic carbocycles. The minimum atomic E-state index is -0.582. The summed E-state index contributed by atoms with van der Waals surface area (Å²) in [5.41, 5.74) is 0.532. The van der Waals surface area contributed by atoms with E-state index in [1.165, 1.54) is 12.1 Å². The van der Waals surface area contributed by atoms with Crippen molar-refractivity contribution in [1.29, 1.82) is 0 Å². The Balaban J connectivity index is 2.18. The molecule has 104 valence electrons. The molecule has 1 aromatic rings. The molecule has 1 N–H and O–H groups in total. The first-order chi connectivity index (χ1) is 8.77. The molecule has 0 radical (unpaired) electrons. The third-order valence-corrected chi connectivity index (χ3v) is 3.78. The molecule has 0 heterocycles. The van der Waals surface area contributed by atoms with Gasteiger partial charge in [0.05, 0.1) is 11.0 Å². The molecule has 1 aliphatic carbocycles. The molecular weight excluding hydrogens is 247 g/mol. The first-order valence-electron chi connectivity index (χ1n) is 6.48. The van der Waals surface area contributed by atoms with Gasteiger partial charge < -0.3 is 5.32 Å². The molecule has 1 saturated carbocycles. The van der Waals surface area contributed by atoms with E-state index in [4.69, 9.17) is 0 Å². The zero-order chi connectivity index (χ0) is 14.2. The van der Waals surface area contributed by atoms with E-state index in [2.05, 4.69) is 26.1 Å². The van der Waals surface area contributed by atoms with Gasteiger partial charge in [0.25, 0.3) is 5.69 Å². The number of nitrogens with one attached hydrogen (secondary N) is 1. The minimum Gasteiger partial charge on any atom is -0.382 e. The lowest BCUT2D eigenvalue weighted by Gasteiger charge is -2.19. The van der Waals surface area contributed by atoms with E-state index in [9.17, 15) is 14.5 Å². The maximum atomic E-state index is 13.4. The molecule has 2 unspecified atom stereocenters. The maximum Gasteiger partial charge on any atom is 0.274 e. The van der Waals surface area contributed by atoms with Crippen LogP contribution in [0.1, 0.15) is 33.6 Å². The number of benzene rings is 1. The molecule has 19 heavy (non-hydrogen) atoms. The average Bonchev–Trinajstić information content (AvgIpc) is 2.50. The van der Waals surface area contributed by atoms with Crippen LogP contribution in [0.4, 0.5) is 15.8 Å². The molecular formula is C14H19FN2O2. The minimum absolute atomic E-state index is 0.215. The summed E-state index contributed by atoms with van der Waals surface area (Å²) in [5, 5.41) is 14.0. The number of rotatable bonds is 3. The quantitative estimate of drug-likeness (QED) is 0.665. The Morgan fingerprint density at radius 3 is 2.58 bits per heavy atom. The summed E-state index contributed by atoms with van der Waals surface area (Å²) in [5.74, 6) is -0.112. The van der Waals surface area contributed by atoms with Gasteiger partial charge in [0, 0.05) is 17.8 Å². The molecule has 0 amide bonds. The van der Waals surface area contributed by atoms with Gasteiger partial charge in [0.1, 0.15) is 5.82 Å². The SMILES string of the molecule is CC1CC(C)(C)CC1Nc1cc(F)cc([N+](=O)[O-])c1. The van der Waals surface area contributed by atoms with E-state index >= 15 is 0 Å². The van der Waals surface area contributed by atoms with Gasteiger partial charge in [-0.15, -0.1) is 0 Å². The van der Waals surface area contributed by atoms with Crippen LogP contribution in [0.5, 0.6) is 0 Å². The Kier molecular flexibility index (Phi) is 3.47. The number of nitrogens with zero attached hydrogens (tertiary/aromatic N) is 1. The van der Waals surface area contributed by atoms with Crippen molar-refractivity contribution >= 4 is 11.4 Å². The molecule has 2 rings (SSSR count). The van der Waals surface area contributed by atoms with Crippen LogP contribution >= 0.6 is 0 Å². The number of hydrogen-bond donors (Lipinski definition) is 1. The van der Waals surface area contributed by atoms with Gasteiger partial charge in [-0.1, -0.05) is 20.8 Å². The lowest BCUT2D eigenvalue weighted by Crippen LogP contribution is -2.22. The number of anilines is 1. The first kappa shape index (κ1) is 13.8. The van der Waals surface area contributed by atoms with Crippen molar-refractivity contribution in [3.05, 3.63) is 34.1 Å². The third-order valence-electron chi connectivity index (χ3n) is 3.78. The Bertz CT molecular complexity index is 502. The highest BCUT2D eigenvalue weighted by Crippen LogP contribution is 2.42. The van der Waals surface area contributed by atoms with E-state index in [1.54, 1.807) is 0 Å². The number of non-ortho nitro benzene ring substituents is 1. The largest absolute Gasteiger partial charge is 0.382 e. The van der Waals surface area contributed by atoms with Crippen LogP contribution in [0.3, 0.4) is 0 Å². The predicted molar refractivity (Wildman–Crippen MR) is 72.6 cm³/mol. The normalized spacial score (nSPS) is 25.3. The molecule has 0 saturated heterocycles. The maximum absolute atomic E-state index is 13.4. The van der Waals surface area contributed by atoms with Crippen LogP contribution in [0.25, 0.3) is 0 Å². The molecule has 0 spiro atoms. The zero-order valence-electron chi connectivity index (χ0n) is 11.4. The zero-order valence-corrected chi connectivity index (χ0v) is 11.4. The molecule has 0 aromatic heterocycles.